The van der Waals surface area contributed by atoms with E-state index >= 15 is 0 Å². The maximum atomic E-state index is 8.96. The third-order valence-corrected chi connectivity index (χ3v) is 3.53. The lowest BCUT2D eigenvalue weighted by atomic mass is 10.2. The first-order valence-electron chi connectivity index (χ1n) is 6.56. The normalized spacial score (nSPS) is 23.3. The Bertz CT molecular complexity index is 419. The van der Waals surface area contributed by atoms with Gasteiger partial charge in [0.25, 0.3) is 0 Å². The highest BCUT2D eigenvalue weighted by atomic mass is 16.5. The number of ether oxygens (including phenoxy) is 1. The lowest BCUT2D eigenvalue weighted by molar-refractivity contribution is -1.00. The molecule has 1 heterocycles. The van der Waals surface area contributed by atoms with Crippen LogP contribution in [0.1, 0.15) is 5.56 Å². The van der Waals surface area contributed by atoms with Gasteiger partial charge in [-0.3, -0.25) is 0 Å². The molecular weight excluding hydrogens is 226 g/mol. The van der Waals surface area contributed by atoms with Gasteiger partial charge in [0.15, 0.2) is 0 Å². The summed E-state index contributed by atoms with van der Waals surface area (Å²) in [5.41, 5.74) is 0.621. The zero-order valence-electron chi connectivity index (χ0n) is 10.9. The van der Waals surface area contributed by atoms with Gasteiger partial charge in [0.05, 0.1) is 12.6 Å². The number of hydrogen-bond acceptors (Lipinski definition) is 2. The summed E-state index contributed by atoms with van der Waals surface area (Å²) in [5.74, 6) is 0.708. The molecule has 4 heteroatoms. The van der Waals surface area contributed by atoms with Crippen molar-refractivity contribution in [1.29, 1.82) is 5.26 Å². The first kappa shape index (κ1) is 12.9. The molecule has 0 saturated carbocycles. The molecule has 96 valence electrons. The van der Waals surface area contributed by atoms with Crippen molar-refractivity contribution in [3.05, 3.63) is 29.8 Å². The molecule has 2 N–H and O–H groups in total. The minimum absolute atomic E-state index is 0.621. The molecule has 0 atom stereocenters. The van der Waals surface area contributed by atoms with Crippen LogP contribution in [0.25, 0.3) is 0 Å². The largest absolute Gasteiger partial charge is 0.486 e. The van der Waals surface area contributed by atoms with Crippen molar-refractivity contribution in [2.24, 2.45) is 0 Å². The predicted molar refractivity (Wildman–Crippen MR) is 68.8 cm³/mol. The number of hydrogen-bond donors (Lipinski definition) is 2. The lowest BCUT2D eigenvalue weighted by Crippen LogP contribution is -3.27. The van der Waals surface area contributed by atoms with Crippen LogP contribution in [0, 0.1) is 11.3 Å². The van der Waals surface area contributed by atoms with Gasteiger partial charge in [-0.1, -0.05) is 12.1 Å². The summed E-state index contributed by atoms with van der Waals surface area (Å²) in [7, 11) is 2.25. The minimum atomic E-state index is 0.621. The second kappa shape index (κ2) is 6.39. The highest BCUT2D eigenvalue weighted by Crippen LogP contribution is 2.15. The maximum Gasteiger partial charge on any atom is 0.137 e. The number of benzene rings is 1. The van der Waals surface area contributed by atoms with E-state index in [0.29, 0.717) is 17.9 Å². The standard InChI is InChI=1S/C14H19N3O/c1-16-6-8-17(9-7-16)10-11-18-14-5-3-2-4-13(14)12-15/h2-5H,6-11H2,1H3/p+2. The average Bonchev–Trinajstić information content (AvgIpc) is 2.41. The molecule has 0 aliphatic carbocycles. The van der Waals surface area contributed by atoms with Gasteiger partial charge in [0.1, 0.15) is 51.1 Å². The van der Waals surface area contributed by atoms with Crippen LogP contribution in [-0.4, -0.2) is 46.4 Å². The number of para-hydroxylation sites is 1. The number of piperazine rings is 1. The van der Waals surface area contributed by atoms with E-state index in [1.54, 1.807) is 15.9 Å². The van der Waals surface area contributed by atoms with E-state index in [4.69, 9.17) is 10.00 Å². The lowest BCUT2D eigenvalue weighted by Gasteiger charge is -2.27. The molecule has 0 unspecified atom stereocenters. The van der Waals surface area contributed by atoms with Gasteiger partial charge in [-0.05, 0) is 12.1 Å². The van der Waals surface area contributed by atoms with E-state index in [2.05, 4.69) is 13.1 Å². The molecule has 1 fully saturated rings. The number of rotatable bonds is 4. The van der Waals surface area contributed by atoms with Crippen LogP contribution in [0.2, 0.25) is 0 Å². The Morgan fingerprint density at radius 1 is 1.22 bits per heavy atom. The second-order valence-corrected chi connectivity index (χ2v) is 4.91. The van der Waals surface area contributed by atoms with E-state index in [-0.39, 0.29) is 0 Å². The van der Waals surface area contributed by atoms with Crippen molar-refractivity contribution in [3.8, 4) is 11.8 Å². The maximum absolute atomic E-state index is 8.96. The fraction of sp³-hybridized carbons (Fsp3) is 0.500. The SMILES string of the molecule is C[NH+]1CC[NH+](CCOc2ccccc2C#N)CC1. The van der Waals surface area contributed by atoms with E-state index in [0.717, 1.165) is 6.54 Å². The third kappa shape index (κ3) is 3.46. The summed E-state index contributed by atoms with van der Waals surface area (Å²) >= 11 is 0. The molecule has 4 nitrogen and oxygen atoms in total. The summed E-state index contributed by atoms with van der Waals surface area (Å²) in [5, 5.41) is 8.96. The highest BCUT2D eigenvalue weighted by molar-refractivity contribution is 5.42. The summed E-state index contributed by atoms with van der Waals surface area (Å²) in [6.45, 7) is 6.62. The second-order valence-electron chi connectivity index (χ2n) is 4.91. The number of nitrogens with one attached hydrogen (secondary N) is 2. The van der Waals surface area contributed by atoms with E-state index in [1.165, 1.54) is 26.2 Å². The average molecular weight is 247 g/mol. The van der Waals surface area contributed by atoms with Gasteiger partial charge in [-0.15, -0.1) is 0 Å². The monoisotopic (exact) mass is 247 g/mol. The Labute approximate surface area is 108 Å². The van der Waals surface area contributed by atoms with Crippen molar-refractivity contribution in [2.45, 2.75) is 0 Å². The highest BCUT2D eigenvalue weighted by Gasteiger charge is 2.19. The van der Waals surface area contributed by atoms with Crippen LogP contribution in [0.15, 0.2) is 24.3 Å². The summed E-state index contributed by atoms with van der Waals surface area (Å²) < 4.78 is 5.71. The van der Waals surface area contributed by atoms with Crippen LogP contribution in [-0.2, 0) is 0 Å². The molecule has 0 spiro atoms. The van der Waals surface area contributed by atoms with Gasteiger partial charge in [0.2, 0.25) is 0 Å². The Morgan fingerprint density at radius 2 is 1.94 bits per heavy atom. The van der Waals surface area contributed by atoms with Gasteiger partial charge in [-0.25, -0.2) is 0 Å². The Kier molecular flexibility index (Phi) is 4.57. The molecule has 0 radical (unpaired) electrons. The van der Waals surface area contributed by atoms with Crippen molar-refractivity contribution in [2.75, 3.05) is 46.4 Å². The molecule has 2 rings (SSSR count). The molecule has 1 aromatic carbocycles. The van der Waals surface area contributed by atoms with E-state index < -0.39 is 0 Å². The van der Waals surface area contributed by atoms with Crippen molar-refractivity contribution in [1.82, 2.24) is 0 Å². The quantitative estimate of drug-likeness (QED) is 0.669. The fourth-order valence-corrected chi connectivity index (χ4v) is 2.27. The van der Waals surface area contributed by atoms with E-state index in [9.17, 15) is 0 Å². The van der Waals surface area contributed by atoms with Gasteiger partial charge in [-0.2, -0.15) is 5.26 Å². The molecule has 0 bridgehead atoms. The number of quaternary nitrogens is 2. The van der Waals surface area contributed by atoms with Crippen LogP contribution < -0.4 is 14.5 Å². The Morgan fingerprint density at radius 3 is 2.67 bits per heavy atom. The molecule has 1 aromatic rings. The first-order valence-corrected chi connectivity index (χ1v) is 6.56. The molecule has 1 saturated heterocycles. The molecule has 0 aromatic heterocycles. The Hall–Kier alpha value is -1.57. The molecular formula is C14H21N3O+2. The van der Waals surface area contributed by atoms with Gasteiger partial charge >= 0.3 is 0 Å². The fourth-order valence-electron chi connectivity index (χ4n) is 2.27. The molecule has 18 heavy (non-hydrogen) atoms. The van der Waals surface area contributed by atoms with Crippen LogP contribution in [0.3, 0.4) is 0 Å². The number of nitrogens with zero attached hydrogens (tertiary/aromatic N) is 1. The summed E-state index contributed by atoms with van der Waals surface area (Å²) in [6.07, 6.45) is 0. The molecule has 1 aliphatic rings. The number of likely N-dealkylation sites (N-methyl/N-ethyl adjacent to an activating group) is 1. The zero-order chi connectivity index (χ0) is 12.8. The van der Waals surface area contributed by atoms with Crippen LogP contribution in [0.4, 0.5) is 0 Å². The Balaban J connectivity index is 1.77. The first-order chi connectivity index (χ1) is 8.79. The predicted octanol–water partition coefficient (Wildman–Crippen LogP) is -1.65. The van der Waals surface area contributed by atoms with Crippen molar-refractivity contribution in [3.63, 3.8) is 0 Å². The van der Waals surface area contributed by atoms with Gasteiger partial charge < -0.3 is 14.5 Å². The third-order valence-electron chi connectivity index (χ3n) is 3.53. The topological polar surface area (TPSA) is 41.9 Å². The minimum Gasteiger partial charge on any atom is -0.486 e. The smallest absolute Gasteiger partial charge is 0.137 e. The van der Waals surface area contributed by atoms with Crippen molar-refractivity contribution >= 4 is 0 Å². The summed E-state index contributed by atoms with van der Waals surface area (Å²) in [6, 6.07) is 9.58. The van der Waals surface area contributed by atoms with Crippen LogP contribution in [0.5, 0.6) is 5.75 Å². The number of nitriles is 1. The molecule has 0 amide bonds. The molecule has 1 aliphatic heterocycles. The van der Waals surface area contributed by atoms with Crippen molar-refractivity contribution < 1.29 is 14.5 Å². The van der Waals surface area contributed by atoms with Gasteiger partial charge in [0, 0.05) is 0 Å². The summed E-state index contributed by atoms with van der Waals surface area (Å²) in [4.78, 5) is 3.23. The zero-order valence-corrected chi connectivity index (χ0v) is 10.9. The van der Waals surface area contributed by atoms with E-state index in [1.807, 2.05) is 18.2 Å². The van der Waals surface area contributed by atoms with Crippen LogP contribution >= 0.6 is 0 Å².